The normalized spacial score (nSPS) is 10.3. The molecule has 0 atom stereocenters. The van der Waals surface area contributed by atoms with Crippen molar-refractivity contribution < 1.29 is 9.59 Å². The monoisotopic (exact) mass is 358 g/mol. The van der Waals surface area contributed by atoms with Crippen LogP contribution in [0.15, 0.2) is 48.5 Å². The van der Waals surface area contributed by atoms with Gasteiger partial charge < -0.3 is 10.6 Å². The van der Waals surface area contributed by atoms with Crippen molar-refractivity contribution in [2.24, 2.45) is 0 Å². The molecule has 132 valence electrons. The third-order valence-electron chi connectivity index (χ3n) is 3.73. The molecule has 2 aromatic rings. The van der Waals surface area contributed by atoms with Gasteiger partial charge in [0.1, 0.15) is 0 Å². The number of nitrogens with one attached hydrogen (secondary N) is 2. The van der Waals surface area contributed by atoms with Crippen LogP contribution in [0.2, 0.25) is 5.02 Å². The van der Waals surface area contributed by atoms with Gasteiger partial charge in [-0.15, -0.1) is 0 Å². The Labute approximate surface area is 153 Å². The van der Waals surface area contributed by atoms with Crippen LogP contribution in [0, 0.1) is 0 Å². The Balaban J connectivity index is 1.75. The molecule has 0 aliphatic rings. The van der Waals surface area contributed by atoms with Crippen LogP contribution in [-0.4, -0.2) is 11.8 Å². The average molecular weight is 359 g/mol. The molecule has 0 aliphatic carbocycles. The quantitative estimate of drug-likeness (QED) is 0.738. The van der Waals surface area contributed by atoms with E-state index in [4.69, 9.17) is 11.6 Å². The highest BCUT2D eigenvalue weighted by atomic mass is 35.5. The van der Waals surface area contributed by atoms with Crippen LogP contribution in [0.4, 0.5) is 5.69 Å². The zero-order valence-corrected chi connectivity index (χ0v) is 15.1. The molecule has 0 spiro atoms. The zero-order valence-electron chi connectivity index (χ0n) is 14.3. The minimum atomic E-state index is 0.000278. The maximum atomic E-state index is 12.0. The van der Waals surface area contributed by atoms with Gasteiger partial charge in [-0.3, -0.25) is 9.59 Å². The van der Waals surface area contributed by atoms with Gasteiger partial charge in [0, 0.05) is 30.1 Å². The van der Waals surface area contributed by atoms with E-state index in [0.717, 1.165) is 23.2 Å². The van der Waals surface area contributed by atoms with Gasteiger partial charge in [0.25, 0.3) is 0 Å². The van der Waals surface area contributed by atoms with Crippen LogP contribution < -0.4 is 10.6 Å². The molecular formula is C20H23ClN2O2. The van der Waals surface area contributed by atoms with Gasteiger partial charge in [-0.25, -0.2) is 0 Å². The van der Waals surface area contributed by atoms with E-state index < -0.39 is 0 Å². The number of halogens is 1. The summed E-state index contributed by atoms with van der Waals surface area (Å²) in [4.78, 5) is 23.5. The molecule has 0 heterocycles. The summed E-state index contributed by atoms with van der Waals surface area (Å²) in [5.74, 6) is 0.0184. The number of carbonyl (C=O) groups is 2. The summed E-state index contributed by atoms with van der Waals surface area (Å²) in [7, 11) is 0. The number of hydrogen-bond donors (Lipinski definition) is 2. The Morgan fingerprint density at radius 2 is 1.72 bits per heavy atom. The number of rotatable bonds is 8. The predicted molar refractivity (Wildman–Crippen MR) is 102 cm³/mol. The van der Waals surface area contributed by atoms with E-state index in [9.17, 15) is 9.59 Å². The number of carbonyl (C=O) groups excluding carboxylic acids is 2. The van der Waals surface area contributed by atoms with Crippen molar-refractivity contribution in [2.45, 2.75) is 39.2 Å². The van der Waals surface area contributed by atoms with Crippen LogP contribution in [0.5, 0.6) is 0 Å². The summed E-state index contributed by atoms with van der Waals surface area (Å²) in [6, 6.07) is 15.0. The molecule has 0 aliphatic heterocycles. The molecule has 2 N–H and O–H groups in total. The van der Waals surface area contributed by atoms with E-state index in [1.807, 2.05) is 55.5 Å². The molecule has 0 unspecified atom stereocenters. The van der Waals surface area contributed by atoms with Gasteiger partial charge in [-0.05, 0) is 48.2 Å². The zero-order chi connectivity index (χ0) is 18.1. The summed E-state index contributed by atoms with van der Waals surface area (Å²) in [6.07, 6.45) is 2.43. The van der Waals surface area contributed by atoms with Crippen molar-refractivity contribution in [3.63, 3.8) is 0 Å². The molecule has 0 aromatic heterocycles. The van der Waals surface area contributed by atoms with Crippen molar-refractivity contribution in [2.75, 3.05) is 5.32 Å². The van der Waals surface area contributed by atoms with E-state index in [-0.39, 0.29) is 11.8 Å². The fourth-order valence-corrected chi connectivity index (χ4v) is 2.61. The minimum absolute atomic E-state index is 0.000278. The van der Waals surface area contributed by atoms with Crippen LogP contribution >= 0.6 is 11.6 Å². The van der Waals surface area contributed by atoms with E-state index in [1.165, 1.54) is 0 Å². The first-order chi connectivity index (χ1) is 12.1. The Morgan fingerprint density at radius 3 is 2.40 bits per heavy atom. The van der Waals surface area contributed by atoms with Gasteiger partial charge in [-0.2, -0.15) is 0 Å². The fourth-order valence-electron chi connectivity index (χ4n) is 2.40. The topological polar surface area (TPSA) is 58.2 Å². The lowest BCUT2D eigenvalue weighted by molar-refractivity contribution is -0.121. The number of benzene rings is 2. The maximum absolute atomic E-state index is 12.0. The predicted octanol–water partition coefficient (Wildman–Crippen LogP) is 4.33. The number of anilines is 1. The summed E-state index contributed by atoms with van der Waals surface area (Å²) < 4.78 is 0. The van der Waals surface area contributed by atoms with Crippen molar-refractivity contribution in [1.82, 2.24) is 5.32 Å². The van der Waals surface area contributed by atoms with E-state index in [1.54, 1.807) is 0 Å². The number of aryl methyl sites for hydroxylation is 1. The molecule has 0 saturated heterocycles. The molecule has 2 aromatic carbocycles. The Kier molecular flexibility index (Phi) is 7.48. The number of amides is 2. The van der Waals surface area contributed by atoms with Crippen LogP contribution in [0.25, 0.3) is 0 Å². The first-order valence-corrected chi connectivity index (χ1v) is 8.84. The highest BCUT2D eigenvalue weighted by molar-refractivity contribution is 6.30. The molecule has 0 fully saturated rings. The molecule has 2 amide bonds. The SMILES string of the molecule is CCCC(=O)Nc1ccc(CNC(=O)CCc2cccc(Cl)c2)cc1. The lowest BCUT2D eigenvalue weighted by Crippen LogP contribution is -2.23. The third kappa shape index (κ3) is 6.98. The van der Waals surface area contributed by atoms with Crippen LogP contribution in [-0.2, 0) is 22.6 Å². The van der Waals surface area contributed by atoms with Crippen molar-refractivity contribution in [3.8, 4) is 0 Å². The lowest BCUT2D eigenvalue weighted by atomic mass is 10.1. The lowest BCUT2D eigenvalue weighted by Gasteiger charge is -2.08. The number of hydrogen-bond acceptors (Lipinski definition) is 2. The summed E-state index contributed by atoms with van der Waals surface area (Å²) >= 11 is 5.94. The second-order valence-corrected chi connectivity index (χ2v) is 6.34. The van der Waals surface area contributed by atoms with Crippen LogP contribution in [0.1, 0.15) is 37.3 Å². The Hall–Kier alpha value is -2.33. The van der Waals surface area contributed by atoms with Crippen LogP contribution in [0.3, 0.4) is 0 Å². The van der Waals surface area contributed by atoms with Crippen molar-refractivity contribution >= 4 is 29.1 Å². The summed E-state index contributed by atoms with van der Waals surface area (Å²) in [5, 5.41) is 6.43. The van der Waals surface area contributed by atoms with Gasteiger partial charge in [0.2, 0.25) is 11.8 Å². The van der Waals surface area contributed by atoms with Gasteiger partial charge in [0.05, 0.1) is 0 Å². The van der Waals surface area contributed by atoms with Gasteiger partial charge >= 0.3 is 0 Å². The van der Waals surface area contributed by atoms with Crippen molar-refractivity contribution in [1.29, 1.82) is 0 Å². The molecular weight excluding hydrogens is 336 g/mol. The third-order valence-corrected chi connectivity index (χ3v) is 3.97. The molecule has 0 bridgehead atoms. The summed E-state index contributed by atoms with van der Waals surface area (Å²) in [6.45, 7) is 2.44. The average Bonchev–Trinajstić information content (AvgIpc) is 2.59. The first kappa shape index (κ1) is 19.0. The Bertz CT molecular complexity index is 714. The maximum Gasteiger partial charge on any atom is 0.224 e. The largest absolute Gasteiger partial charge is 0.352 e. The fraction of sp³-hybridized carbons (Fsp3) is 0.300. The first-order valence-electron chi connectivity index (χ1n) is 8.46. The molecule has 2 rings (SSSR count). The van der Waals surface area contributed by atoms with E-state index in [0.29, 0.717) is 30.8 Å². The highest BCUT2D eigenvalue weighted by Crippen LogP contribution is 2.13. The highest BCUT2D eigenvalue weighted by Gasteiger charge is 2.04. The van der Waals surface area contributed by atoms with E-state index in [2.05, 4.69) is 10.6 Å². The Morgan fingerprint density at radius 1 is 0.960 bits per heavy atom. The summed E-state index contributed by atoms with van der Waals surface area (Å²) in [5.41, 5.74) is 2.81. The van der Waals surface area contributed by atoms with Crippen molar-refractivity contribution in [3.05, 3.63) is 64.7 Å². The second kappa shape index (κ2) is 9.84. The van der Waals surface area contributed by atoms with Gasteiger partial charge in [-0.1, -0.05) is 42.8 Å². The minimum Gasteiger partial charge on any atom is -0.352 e. The molecule has 0 saturated carbocycles. The molecule has 0 radical (unpaired) electrons. The standard InChI is InChI=1S/C20H23ClN2O2/c1-2-4-20(25)23-18-10-7-16(8-11-18)14-22-19(24)12-9-15-5-3-6-17(21)13-15/h3,5-8,10-11,13H,2,4,9,12,14H2,1H3,(H,22,24)(H,23,25). The second-order valence-electron chi connectivity index (χ2n) is 5.90. The smallest absolute Gasteiger partial charge is 0.224 e. The van der Waals surface area contributed by atoms with E-state index >= 15 is 0 Å². The van der Waals surface area contributed by atoms with Gasteiger partial charge in [0.15, 0.2) is 0 Å². The molecule has 25 heavy (non-hydrogen) atoms. The molecule has 4 nitrogen and oxygen atoms in total. The molecule has 5 heteroatoms.